The van der Waals surface area contributed by atoms with E-state index in [4.69, 9.17) is 0 Å². The standard InChI is InChI=1S/C21H19N7O/c29-21(27-13-11-26(12-14-27)19-3-1-2-7-23-19)17-15-25-28-18(6-10-24-20(17)28)16-4-8-22-9-5-16/h1-10,15H,11-14H2. The molecule has 0 atom stereocenters. The van der Waals surface area contributed by atoms with Gasteiger partial charge in [-0.1, -0.05) is 6.07 Å². The molecule has 0 aliphatic carbocycles. The molecule has 8 heteroatoms. The van der Waals surface area contributed by atoms with Gasteiger partial charge in [-0.2, -0.15) is 5.10 Å². The molecule has 1 saturated heterocycles. The maximum atomic E-state index is 13.2. The van der Waals surface area contributed by atoms with E-state index in [2.05, 4.69) is 25.0 Å². The van der Waals surface area contributed by atoms with E-state index >= 15 is 0 Å². The number of pyridine rings is 2. The second kappa shape index (κ2) is 7.31. The number of hydrogen-bond acceptors (Lipinski definition) is 6. The number of aromatic nitrogens is 5. The summed E-state index contributed by atoms with van der Waals surface area (Å²) in [4.78, 5) is 30.1. The van der Waals surface area contributed by atoms with Crippen LogP contribution in [0.5, 0.6) is 0 Å². The van der Waals surface area contributed by atoms with Gasteiger partial charge in [-0.25, -0.2) is 14.5 Å². The molecule has 8 nitrogen and oxygen atoms in total. The molecule has 0 unspecified atom stereocenters. The molecule has 1 aliphatic heterocycles. The van der Waals surface area contributed by atoms with Crippen molar-refractivity contribution in [3.8, 4) is 11.3 Å². The maximum Gasteiger partial charge on any atom is 0.259 e. The Hall–Kier alpha value is -3.81. The zero-order chi connectivity index (χ0) is 19.6. The molecule has 0 aromatic carbocycles. The van der Waals surface area contributed by atoms with Gasteiger partial charge in [0.2, 0.25) is 0 Å². The van der Waals surface area contributed by atoms with Crippen LogP contribution in [0.3, 0.4) is 0 Å². The second-order valence-corrected chi connectivity index (χ2v) is 6.83. The van der Waals surface area contributed by atoms with E-state index in [0.29, 0.717) is 24.3 Å². The Morgan fingerprint density at radius 2 is 1.69 bits per heavy atom. The number of hydrogen-bond donors (Lipinski definition) is 0. The largest absolute Gasteiger partial charge is 0.353 e. The van der Waals surface area contributed by atoms with Gasteiger partial charge in [-0.15, -0.1) is 0 Å². The fraction of sp³-hybridized carbons (Fsp3) is 0.190. The van der Waals surface area contributed by atoms with E-state index in [1.165, 1.54) is 0 Å². The van der Waals surface area contributed by atoms with Crippen molar-refractivity contribution < 1.29 is 4.79 Å². The SMILES string of the molecule is O=C(c1cnn2c(-c3ccncc3)ccnc12)N1CCN(c2ccccn2)CC1. The highest BCUT2D eigenvalue weighted by atomic mass is 16.2. The van der Waals surface area contributed by atoms with E-state index in [9.17, 15) is 4.79 Å². The molecule has 144 valence electrons. The van der Waals surface area contributed by atoms with Crippen LogP contribution in [0.25, 0.3) is 16.9 Å². The average Bonchev–Trinajstić information content (AvgIpc) is 3.24. The first-order valence-corrected chi connectivity index (χ1v) is 9.50. The number of piperazine rings is 1. The quantitative estimate of drug-likeness (QED) is 0.538. The molecule has 0 N–H and O–H groups in total. The minimum Gasteiger partial charge on any atom is -0.353 e. The van der Waals surface area contributed by atoms with Gasteiger partial charge >= 0.3 is 0 Å². The monoisotopic (exact) mass is 385 g/mol. The third kappa shape index (κ3) is 3.18. The highest BCUT2D eigenvalue weighted by molar-refractivity contribution is 6.00. The number of nitrogens with zero attached hydrogens (tertiary/aromatic N) is 7. The Morgan fingerprint density at radius 1 is 0.862 bits per heavy atom. The minimum atomic E-state index is -0.0416. The molecule has 1 amide bonds. The number of amides is 1. The molecule has 0 saturated carbocycles. The lowest BCUT2D eigenvalue weighted by molar-refractivity contribution is 0.0748. The van der Waals surface area contributed by atoms with Crippen LogP contribution in [0.1, 0.15) is 10.4 Å². The molecule has 0 bridgehead atoms. The van der Waals surface area contributed by atoms with Crippen molar-refractivity contribution in [3.63, 3.8) is 0 Å². The number of carbonyl (C=O) groups is 1. The lowest BCUT2D eigenvalue weighted by Crippen LogP contribution is -2.49. The molecule has 29 heavy (non-hydrogen) atoms. The lowest BCUT2D eigenvalue weighted by Gasteiger charge is -2.35. The van der Waals surface area contributed by atoms with Crippen molar-refractivity contribution in [2.45, 2.75) is 0 Å². The Balaban J connectivity index is 1.38. The van der Waals surface area contributed by atoms with E-state index in [1.54, 1.807) is 35.5 Å². The third-order valence-electron chi connectivity index (χ3n) is 5.15. The zero-order valence-electron chi connectivity index (χ0n) is 15.7. The number of anilines is 1. The number of rotatable bonds is 3. The van der Waals surface area contributed by atoms with Gasteiger partial charge < -0.3 is 9.80 Å². The molecule has 1 aliphatic rings. The first kappa shape index (κ1) is 17.3. The second-order valence-electron chi connectivity index (χ2n) is 6.83. The molecule has 0 radical (unpaired) electrons. The number of carbonyl (C=O) groups excluding carboxylic acids is 1. The highest BCUT2D eigenvalue weighted by Crippen LogP contribution is 2.21. The van der Waals surface area contributed by atoms with Gasteiger partial charge in [0.1, 0.15) is 11.4 Å². The summed E-state index contributed by atoms with van der Waals surface area (Å²) in [7, 11) is 0. The van der Waals surface area contributed by atoms with Crippen LogP contribution < -0.4 is 4.90 Å². The fourth-order valence-electron chi connectivity index (χ4n) is 3.63. The van der Waals surface area contributed by atoms with Crippen LogP contribution >= 0.6 is 0 Å². The smallest absolute Gasteiger partial charge is 0.259 e. The Bertz CT molecular complexity index is 1140. The molecular formula is C21H19N7O. The van der Waals surface area contributed by atoms with Crippen molar-refractivity contribution in [3.05, 3.63) is 72.9 Å². The minimum absolute atomic E-state index is 0.0416. The van der Waals surface area contributed by atoms with Crippen molar-refractivity contribution >= 4 is 17.4 Å². The topological polar surface area (TPSA) is 79.5 Å². The van der Waals surface area contributed by atoms with E-state index < -0.39 is 0 Å². The fourth-order valence-corrected chi connectivity index (χ4v) is 3.63. The van der Waals surface area contributed by atoms with E-state index in [1.807, 2.05) is 41.3 Å². The highest BCUT2D eigenvalue weighted by Gasteiger charge is 2.26. The van der Waals surface area contributed by atoms with Gasteiger partial charge in [0.25, 0.3) is 5.91 Å². The molecule has 0 spiro atoms. The van der Waals surface area contributed by atoms with E-state index in [-0.39, 0.29) is 5.91 Å². The first-order valence-electron chi connectivity index (χ1n) is 9.50. The number of fused-ring (bicyclic) bond motifs is 1. The summed E-state index contributed by atoms with van der Waals surface area (Å²) in [6, 6.07) is 11.6. The molecular weight excluding hydrogens is 366 g/mol. The Morgan fingerprint density at radius 3 is 2.45 bits per heavy atom. The average molecular weight is 385 g/mol. The summed E-state index contributed by atoms with van der Waals surface area (Å²) < 4.78 is 1.71. The molecule has 4 aromatic heterocycles. The van der Waals surface area contributed by atoms with Crippen molar-refractivity contribution in [2.24, 2.45) is 0 Å². The molecule has 1 fully saturated rings. The summed E-state index contributed by atoms with van der Waals surface area (Å²) in [5.74, 6) is 0.902. The van der Waals surface area contributed by atoms with Gasteiger partial charge in [-0.05, 0) is 30.3 Å². The summed E-state index contributed by atoms with van der Waals surface area (Å²) in [5, 5.41) is 4.44. The summed E-state index contributed by atoms with van der Waals surface area (Å²) in [6.45, 7) is 2.77. The molecule has 5 heterocycles. The first-order chi connectivity index (χ1) is 14.3. The lowest BCUT2D eigenvalue weighted by atomic mass is 10.2. The predicted molar refractivity (Wildman–Crippen MR) is 109 cm³/mol. The summed E-state index contributed by atoms with van der Waals surface area (Å²) in [5.41, 5.74) is 2.93. The Labute approximate surface area is 167 Å². The van der Waals surface area contributed by atoms with Crippen LogP contribution in [0, 0.1) is 0 Å². The summed E-state index contributed by atoms with van der Waals surface area (Å²) >= 11 is 0. The zero-order valence-corrected chi connectivity index (χ0v) is 15.7. The normalized spacial score (nSPS) is 14.3. The Kier molecular flexibility index (Phi) is 4.36. The van der Waals surface area contributed by atoms with Crippen LogP contribution in [-0.4, -0.2) is 61.6 Å². The maximum absolute atomic E-state index is 13.2. The molecule has 5 rings (SSSR count). The van der Waals surface area contributed by atoms with Gasteiger partial charge in [0, 0.05) is 56.5 Å². The van der Waals surface area contributed by atoms with Crippen molar-refractivity contribution in [1.29, 1.82) is 0 Å². The van der Waals surface area contributed by atoms with Crippen LogP contribution in [0.15, 0.2) is 67.4 Å². The van der Waals surface area contributed by atoms with Gasteiger partial charge in [0.05, 0.1) is 11.9 Å². The van der Waals surface area contributed by atoms with E-state index in [0.717, 1.165) is 30.2 Å². The third-order valence-corrected chi connectivity index (χ3v) is 5.15. The van der Waals surface area contributed by atoms with Crippen molar-refractivity contribution in [1.82, 2.24) is 29.5 Å². The van der Waals surface area contributed by atoms with Crippen LogP contribution in [0.2, 0.25) is 0 Å². The van der Waals surface area contributed by atoms with Crippen molar-refractivity contribution in [2.75, 3.05) is 31.1 Å². The van der Waals surface area contributed by atoms with Gasteiger partial charge in [0.15, 0.2) is 5.65 Å². The predicted octanol–water partition coefficient (Wildman–Crippen LogP) is 2.15. The van der Waals surface area contributed by atoms with Crippen LogP contribution in [-0.2, 0) is 0 Å². The molecule has 4 aromatic rings. The van der Waals surface area contributed by atoms with Gasteiger partial charge in [-0.3, -0.25) is 9.78 Å². The van der Waals surface area contributed by atoms with Crippen LogP contribution in [0.4, 0.5) is 5.82 Å². The summed E-state index contributed by atoms with van der Waals surface area (Å²) in [6.07, 6.45) is 8.58.